The largest absolute Gasteiger partial charge is 0.493 e. The van der Waals surface area contributed by atoms with Gasteiger partial charge in [-0.3, -0.25) is 4.79 Å². The Kier molecular flexibility index (Phi) is 8.34. The Morgan fingerprint density at radius 1 is 1.15 bits per heavy atom. The molecule has 3 rings (SSSR count). The highest BCUT2D eigenvalue weighted by Crippen LogP contribution is 2.35. The zero-order valence-corrected chi connectivity index (χ0v) is 20.3. The standard InChI is InChI=1S/C24H16BrCl2FN2O3/c1-32-22-9-15(19(25)11-23(22)33-13-14-3-2-4-17(28)7-14)8-16(12-29)24(31)30-18-5-6-20(26)21(27)10-18/h2-11H,13H2,1H3,(H,30,31)/b16-8+. The van der Waals surface area contributed by atoms with Gasteiger partial charge in [0.05, 0.1) is 17.2 Å². The molecule has 5 nitrogen and oxygen atoms in total. The van der Waals surface area contributed by atoms with Gasteiger partial charge in [-0.05, 0) is 59.7 Å². The molecule has 0 atom stereocenters. The number of hydrogen-bond donors (Lipinski definition) is 1. The second kappa shape index (κ2) is 11.2. The first-order valence-electron chi connectivity index (χ1n) is 9.43. The van der Waals surface area contributed by atoms with Gasteiger partial charge in [0, 0.05) is 10.2 Å². The number of carbonyl (C=O) groups excluding carboxylic acids is 1. The highest BCUT2D eigenvalue weighted by molar-refractivity contribution is 9.10. The van der Waals surface area contributed by atoms with Gasteiger partial charge in [0.25, 0.3) is 5.91 Å². The van der Waals surface area contributed by atoms with Crippen LogP contribution in [0.3, 0.4) is 0 Å². The summed E-state index contributed by atoms with van der Waals surface area (Å²) in [4.78, 5) is 12.6. The summed E-state index contributed by atoms with van der Waals surface area (Å²) in [6, 6.07) is 15.8. The number of carbonyl (C=O) groups is 1. The molecular weight excluding hydrogens is 534 g/mol. The van der Waals surface area contributed by atoms with Crippen molar-refractivity contribution in [3.63, 3.8) is 0 Å². The van der Waals surface area contributed by atoms with Crippen molar-refractivity contribution in [2.45, 2.75) is 6.61 Å². The molecule has 3 aromatic carbocycles. The first kappa shape index (κ1) is 24.6. The van der Waals surface area contributed by atoms with Gasteiger partial charge in [0.2, 0.25) is 0 Å². The Balaban J connectivity index is 1.82. The summed E-state index contributed by atoms with van der Waals surface area (Å²) < 4.78 is 25.1. The molecule has 0 aliphatic rings. The fourth-order valence-corrected chi connectivity index (χ4v) is 3.53. The highest BCUT2D eigenvalue weighted by Gasteiger charge is 2.14. The number of nitriles is 1. The summed E-state index contributed by atoms with van der Waals surface area (Å²) in [5.74, 6) is -0.186. The van der Waals surface area contributed by atoms with Crippen LogP contribution in [0.2, 0.25) is 10.0 Å². The summed E-state index contributed by atoms with van der Waals surface area (Å²) in [5, 5.41) is 12.7. The molecular formula is C24H16BrCl2FN2O3. The predicted molar refractivity (Wildman–Crippen MR) is 130 cm³/mol. The van der Waals surface area contributed by atoms with Crippen LogP contribution in [-0.2, 0) is 11.4 Å². The van der Waals surface area contributed by atoms with E-state index in [-0.39, 0.29) is 23.0 Å². The second-order valence-corrected chi connectivity index (χ2v) is 8.36. The molecule has 33 heavy (non-hydrogen) atoms. The molecule has 0 fully saturated rings. The van der Waals surface area contributed by atoms with E-state index in [9.17, 15) is 14.4 Å². The number of amides is 1. The molecule has 0 saturated carbocycles. The number of nitrogens with zero attached hydrogens (tertiary/aromatic N) is 1. The zero-order valence-electron chi connectivity index (χ0n) is 17.2. The van der Waals surface area contributed by atoms with Crippen molar-refractivity contribution in [3.8, 4) is 17.6 Å². The topological polar surface area (TPSA) is 71.3 Å². The van der Waals surface area contributed by atoms with Crippen LogP contribution in [0.5, 0.6) is 11.5 Å². The molecule has 3 aromatic rings. The van der Waals surface area contributed by atoms with Crippen LogP contribution in [-0.4, -0.2) is 13.0 Å². The van der Waals surface area contributed by atoms with Crippen LogP contribution in [0.4, 0.5) is 10.1 Å². The van der Waals surface area contributed by atoms with Gasteiger partial charge in [0.1, 0.15) is 24.1 Å². The van der Waals surface area contributed by atoms with E-state index in [0.29, 0.717) is 37.8 Å². The minimum Gasteiger partial charge on any atom is -0.493 e. The van der Waals surface area contributed by atoms with Gasteiger partial charge in [-0.25, -0.2) is 4.39 Å². The number of nitrogens with one attached hydrogen (secondary N) is 1. The fourth-order valence-electron chi connectivity index (χ4n) is 2.80. The summed E-state index contributed by atoms with van der Waals surface area (Å²) in [7, 11) is 1.47. The van der Waals surface area contributed by atoms with E-state index in [1.807, 2.05) is 6.07 Å². The van der Waals surface area contributed by atoms with Crippen molar-refractivity contribution in [1.29, 1.82) is 5.26 Å². The van der Waals surface area contributed by atoms with Crippen molar-refractivity contribution in [2.24, 2.45) is 0 Å². The monoisotopic (exact) mass is 548 g/mol. The molecule has 0 unspecified atom stereocenters. The maximum Gasteiger partial charge on any atom is 0.266 e. The van der Waals surface area contributed by atoms with Crippen LogP contribution in [0.25, 0.3) is 6.08 Å². The lowest BCUT2D eigenvalue weighted by Gasteiger charge is -2.13. The molecule has 0 radical (unpaired) electrons. The summed E-state index contributed by atoms with van der Waals surface area (Å²) in [5.41, 5.74) is 1.43. The van der Waals surface area contributed by atoms with Crippen LogP contribution in [0, 0.1) is 17.1 Å². The van der Waals surface area contributed by atoms with Crippen molar-refractivity contribution in [2.75, 3.05) is 12.4 Å². The summed E-state index contributed by atoms with van der Waals surface area (Å²) in [6.07, 6.45) is 1.41. The van der Waals surface area contributed by atoms with E-state index >= 15 is 0 Å². The van der Waals surface area contributed by atoms with Crippen molar-refractivity contribution in [3.05, 3.63) is 91.6 Å². The number of halogens is 4. The molecule has 9 heteroatoms. The molecule has 168 valence electrons. The Bertz CT molecular complexity index is 1280. The third-order valence-electron chi connectivity index (χ3n) is 4.41. The van der Waals surface area contributed by atoms with E-state index in [1.165, 1.54) is 31.4 Å². The van der Waals surface area contributed by atoms with Gasteiger partial charge in [-0.2, -0.15) is 5.26 Å². The number of anilines is 1. The van der Waals surface area contributed by atoms with Crippen LogP contribution in [0.1, 0.15) is 11.1 Å². The van der Waals surface area contributed by atoms with E-state index in [0.717, 1.165) is 0 Å². The van der Waals surface area contributed by atoms with Crippen molar-refractivity contribution in [1.82, 2.24) is 0 Å². The van der Waals surface area contributed by atoms with E-state index in [2.05, 4.69) is 21.2 Å². The minimum atomic E-state index is -0.617. The third-order valence-corrected chi connectivity index (χ3v) is 5.83. The molecule has 1 amide bonds. The maximum absolute atomic E-state index is 13.4. The average molecular weight is 550 g/mol. The Morgan fingerprint density at radius 3 is 2.61 bits per heavy atom. The molecule has 0 aliphatic heterocycles. The lowest BCUT2D eigenvalue weighted by Crippen LogP contribution is -2.13. The second-order valence-electron chi connectivity index (χ2n) is 6.70. The minimum absolute atomic E-state index is 0.130. The summed E-state index contributed by atoms with van der Waals surface area (Å²) in [6.45, 7) is 0.130. The SMILES string of the molecule is COc1cc(/C=C(\C#N)C(=O)Nc2ccc(Cl)c(Cl)c2)c(Br)cc1OCc1cccc(F)c1. The highest BCUT2D eigenvalue weighted by atomic mass is 79.9. The zero-order chi connectivity index (χ0) is 24.0. The fraction of sp³-hybridized carbons (Fsp3) is 0.0833. The average Bonchev–Trinajstić information content (AvgIpc) is 2.79. The first-order valence-corrected chi connectivity index (χ1v) is 11.0. The Labute approximate surface area is 208 Å². The van der Waals surface area contributed by atoms with Gasteiger partial charge in [0.15, 0.2) is 11.5 Å². The van der Waals surface area contributed by atoms with E-state index < -0.39 is 5.91 Å². The van der Waals surface area contributed by atoms with Crippen LogP contribution in [0.15, 0.2) is 64.6 Å². The molecule has 0 aromatic heterocycles. The van der Waals surface area contributed by atoms with Gasteiger partial charge in [-0.1, -0.05) is 51.3 Å². The molecule has 0 aliphatic carbocycles. The Hall–Kier alpha value is -3.05. The number of ether oxygens (including phenoxy) is 2. The molecule has 0 bridgehead atoms. The Morgan fingerprint density at radius 2 is 1.94 bits per heavy atom. The van der Waals surface area contributed by atoms with Gasteiger partial charge in [-0.15, -0.1) is 0 Å². The summed E-state index contributed by atoms with van der Waals surface area (Å²) >= 11 is 15.3. The smallest absolute Gasteiger partial charge is 0.266 e. The van der Waals surface area contributed by atoms with Crippen molar-refractivity contribution < 1.29 is 18.7 Å². The van der Waals surface area contributed by atoms with Crippen LogP contribution < -0.4 is 14.8 Å². The predicted octanol–water partition coefficient (Wildman–Crippen LogP) is 7.03. The van der Waals surface area contributed by atoms with Gasteiger partial charge >= 0.3 is 0 Å². The van der Waals surface area contributed by atoms with E-state index in [4.69, 9.17) is 32.7 Å². The molecule has 0 spiro atoms. The molecule has 1 N–H and O–H groups in total. The van der Waals surface area contributed by atoms with Gasteiger partial charge < -0.3 is 14.8 Å². The van der Waals surface area contributed by atoms with Crippen LogP contribution >= 0.6 is 39.1 Å². The quantitative estimate of drug-likeness (QED) is 0.254. The number of benzene rings is 3. The third kappa shape index (κ3) is 6.48. The van der Waals surface area contributed by atoms with E-state index in [1.54, 1.807) is 36.4 Å². The van der Waals surface area contributed by atoms with Crippen molar-refractivity contribution >= 4 is 56.8 Å². The molecule has 0 saturated heterocycles. The molecule has 0 heterocycles. The normalized spacial score (nSPS) is 11.0. The number of rotatable bonds is 7. The lowest BCUT2D eigenvalue weighted by molar-refractivity contribution is -0.112. The first-order chi connectivity index (χ1) is 15.8. The number of hydrogen-bond acceptors (Lipinski definition) is 4. The lowest BCUT2D eigenvalue weighted by atomic mass is 10.1. The number of methoxy groups -OCH3 is 1. The maximum atomic E-state index is 13.4.